The molecule has 1 N–H and O–H groups in total. The summed E-state index contributed by atoms with van der Waals surface area (Å²) in [5.41, 5.74) is 1.91. The molecule has 0 radical (unpaired) electrons. The van der Waals surface area contributed by atoms with Crippen molar-refractivity contribution >= 4 is 45.7 Å². The summed E-state index contributed by atoms with van der Waals surface area (Å²) in [6, 6.07) is 17.4. The van der Waals surface area contributed by atoms with Gasteiger partial charge in [-0.3, -0.25) is 4.79 Å². The van der Waals surface area contributed by atoms with Crippen LogP contribution in [-0.4, -0.2) is 40.2 Å². The van der Waals surface area contributed by atoms with Crippen molar-refractivity contribution in [3.63, 3.8) is 0 Å². The highest BCUT2D eigenvalue weighted by Crippen LogP contribution is 2.34. The summed E-state index contributed by atoms with van der Waals surface area (Å²) in [7, 11) is 1.45. The maximum absolute atomic E-state index is 13.6. The summed E-state index contributed by atoms with van der Waals surface area (Å²) in [6.45, 7) is 5.21. The van der Waals surface area contributed by atoms with Gasteiger partial charge in [0.1, 0.15) is 5.58 Å². The Labute approximate surface area is 233 Å². The van der Waals surface area contributed by atoms with Gasteiger partial charge in [0.05, 0.1) is 24.2 Å². The van der Waals surface area contributed by atoms with Gasteiger partial charge in [0, 0.05) is 16.0 Å². The van der Waals surface area contributed by atoms with Crippen LogP contribution in [0.5, 0.6) is 11.5 Å². The Balaban J connectivity index is 1.65. The van der Waals surface area contributed by atoms with Crippen molar-refractivity contribution in [3.8, 4) is 23.1 Å². The fourth-order valence-corrected chi connectivity index (χ4v) is 4.40. The minimum atomic E-state index is -1.11. The van der Waals surface area contributed by atoms with E-state index in [1.807, 2.05) is 0 Å². The number of benzene rings is 3. The van der Waals surface area contributed by atoms with E-state index in [0.29, 0.717) is 56.3 Å². The first-order valence-electron chi connectivity index (χ1n) is 12.3. The fraction of sp³-hybridized carbons (Fsp3) is 0.133. The molecule has 2 heterocycles. The summed E-state index contributed by atoms with van der Waals surface area (Å²) in [4.78, 5) is 29.7. The molecule has 0 amide bonds. The first-order valence-corrected chi connectivity index (χ1v) is 12.6. The zero-order chi connectivity index (χ0) is 28.4. The Bertz CT molecular complexity index is 1860. The van der Waals surface area contributed by atoms with Gasteiger partial charge in [-0.2, -0.15) is 9.78 Å². The number of fused-ring (bicyclic) bond motifs is 2. The van der Waals surface area contributed by atoms with Crippen molar-refractivity contribution in [1.29, 1.82) is 0 Å². The second-order valence-corrected chi connectivity index (χ2v) is 9.35. The second-order valence-electron chi connectivity index (χ2n) is 8.91. The highest BCUT2D eigenvalue weighted by molar-refractivity contribution is 6.31. The number of hydrogen-bond acceptors (Lipinski definition) is 7. The van der Waals surface area contributed by atoms with Gasteiger partial charge < -0.3 is 19.0 Å². The number of carboxylic acid groups (broad SMARTS) is 1. The smallest absolute Gasteiger partial charge is 0.344 e. The molecule has 5 aromatic rings. The van der Waals surface area contributed by atoms with Crippen LogP contribution < -0.4 is 15.0 Å². The molecule has 0 aliphatic carbocycles. The van der Waals surface area contributed by atoms with Crippen molar-refractivity contribution in [3.05, 3.63) is 99.8 Å². The molecule has 202 valence electrons. The van der Waals surface area contributed by atoms with Crippen LogP contribution in [0.2, 0.25) is 5.02 Å². The highest BCUT2D eigenvalue weighted by Gasteiger charge is 2.20. The van der Waals surface area contributed by atoms with Crippen molar-refractivity contribution in [1.82, 2.24) is 9.66 Å². The number of aliphatic carboxylic acids is 1. The monoisotopic (exact) mass is 557 g/mol. The van der Waals surface area contributed by atoms with Gasteiger partial charge in [0.15, 0.2) is 23.4 Å². The highest BCUT2D eigenvalue weighted by atomic mass is 35.5. The predicted octanol–water partition coefficient (Wildman–Crippen LogP) is 5.93. The third-order valence-corrected chi connectivity index (χ3v) is 6.39. The molecule has 5 rings (SSSR count). The van der Waals surface area contributed by atoms with Crippen molar-refractivity contribution in [2.75, 3.05) is 7.11 Å². The van der Waals surface area contributed by atoms with E-state index in [4.69, 9.17) is 25.5 Å². The van der Waals surface area contributed by atoms with Gasteiger partial charge in [0.2, 0.25) is 5.82 Å². The van der Waals surface area contributed by atoms with E-state index < -0.39 is 12.1 Å². The Morgan fingerprint density at radius 1 is 1.23 bits per heavy atom. The third-order valence-electron chi connectivity index (χ3n) is 6.16. The average molecular weight is 558 g/mol. The topological polar surface area (TPSA) is 116 Å². The van der Waals surface area contributed by atoms with Gasteiger partial charge in [-0.15, -0.1) is 6.58 Å². The number of para-hydroxylation sites is 1. The zero-order valence-electron chi connectivity index (χ0n) is 21.6. The summed E-state index contributed by atoms with van der Waals surface area (Å²) in [5.74, 6) is 0.0445. The molecule has 10 heteroatoms. The van der Waals surface area contributed by atoms with Crippen molar-refractivity contribution in [2.45, 2.75) is 19.4 Å². The van der Waals surface area contributed by atoms with Gasteiger partial charge in [-0.1, -0.05) is 29.8 Å². The third kappa shape index (κ3) is 5.19. The van der Waals surface area contributed by atoms with E-state index in [2.05, 4.69) is 16.7 Å². The molecule has 3 aromatic carbocycles. The number of halogens is 1. The van der Waals surface area contributed by atoms with Crippen LogP contribution in [0.15, 0.2) is 87.6 Å². The largest absolute Gasteiger partial charge is 0.493 e. The lowest BCUT2D eigenvalue weighted by Gasteiger charge is -2.18. The molecule has 40 heavy (non-hydrogen) atoms. The molecule has 0 unspecified atom stereocenters. The molecular weight excluding hydrogens is 534 g/mol. The summed E-state index contributed by atoms with van der Waals surface area (Å²) in [6.07, 6.45) is 2.43. The first-order chi connectivity index (χ1) is 19.3. The first kappa shape index (κ1) is 26.7. The maximum atomic E-state index is 13.6. The lowest BCUT2D eigenvalue weighted by Crippen LogP contribution is -2.23. The Kier molecular flexibility index (Phi) is 7.39. The predicted molar refractivity (Wildman–Crippen MR) is 154 cm³/mol. The summed E-state index contributed by atoms with van der Waals surface area (Å²) in [5, 5.41) is 15.5. The number of carboxylic acids is 1. The fourth-order valence-electron chi connectivity index (χ4n) is 4.22. The van der Waals surface area contributed by atoms with Crippen molar-refractivity contribution < 1.29 is 23.8 Å². The van der Waals surface area contributed by atoms with Gasteiger partial charge in [-0.05, 0) is 67.4 Å². The summed E-state index contributed by atoms with van der Waals surface area (Å²) < 4.78 is 18.4. The molecule has 0 saturated heterocycles. The van der Waals surface area contributed by atoms with Crippen LogP contribution in [0.1, 0.15) is 18.1 Å². The lowest BCUT2D eigenvalue weighted by molar-refractivity contribution is -0.144. The molecule has 0 saturated carbocycles. The van der Waals surface area contributed by atoms with E-state index in [-0.39, 0.29) is 11.4 Å². The minimum absolute atomic E-state index is 0.209. The van der Waals surface area contributed by atoms with Gasteiger partial charge in [-0.25, -0.2) is 9.78 Å². The number of allylic oxidation sites excluding steroid dienone is 1. The molecule has 2 aromatic heterocycles. The number of furan rings is 1. The molecule has 0 fully saturated rings. The number of rotatable bonds is 9. The molecule has 0 aliphatic rings. The van der Waals surface area contributed by atoms with Gasteiger partial charge in [0.25, 0.3) is 5.56 Å². The molecule has 9 nitrogen and oxygen atoms in total. The van der Waals surface area contributed by atoms with E-state index in [1.165, 1.54) is 24.9 Å². The van der Waals surface area contributed by atoms with Crippen LogP contribution in [-0.2, 0) is 11.2 Å². The van der Waals surface area contributed by atoms with E-state index in [0.717, 1.165) is 5.39 Å². The number of methoxy groups -OCH3 is 1. The van der Waals surface area contributed by atoms with Gasteiger partial charge >= 0.3 is 5.97 Å². The SMILES string of the molecule is C=CCc1cc(C=Nn2c(-c3cc4cc(Cl)ccc4o3)nc3ccccc3c2=O)cc(OC)c1O[C@@H](C)C(=O)O. The Hall–Kier alpha value is -4.89. The maximum Gasteiger partial charge on any atom is 0.344 e. The normalized spacial score (nSPS) is 12.2. The average Bonchev–Trinajstić information content (AvgIpc) is 3.36. The van der Waals surface area contributed by atoms with Crippen LogP contribution in [0.3, 0.4) is 0 Å². The van der Waals surface area contributed by atoms with Crippen LogP contribution in [0.25, 0.3) is 33.5 Å². The molecule has 0 bridgehead atoms. The molecule has 0 spiro atoms. The van der Waals surface area contributed by atoms with Crippen LogP contribution >= 0.6 is 11.6 Å². The van der Waals surface area contributed by atoms with Crippen LogP contribution in [0.4, 0.5) is 0 Å². The lowest BCUT2D eigenvalue weighted by atomic mass is 10.1. The number of hydrogen-bond donors (Lipinski definition) is 1. The molecule has 0 aliphatic heterocycles. The number of ether oxygens (including phenoxy) is 2. The number of nitrogens with zero attached hydrogens (tertiary/aromatic N) is 3. The Morgan fingerprint density at radius 2 is 2.02 bits per heavy atom. The minimum Gasteiger partial charge on any atom is -0.493 e. The van der Waals surface area contributed by atoms with E-state index in [1.54, 1.807) is 66.7 Å². The Morgan fingerprint density at radius 3 is 2.77 bits per heavy atom. The van der Waals surface area contributed by atoms with Crippen LogP contribution in [0, 0.1) is 0 Å². The summed E-state index contributed by atoms with van der Waals surface area (Å²) >= 11 is 6.15. The molecule has 1 atom stereocenters. The quantitative estimate of drug-likeness (QED) is 0.176. The number of aromatic nitrogens is 2. The molecular formula is C30H24ClN3O6. The standard InChI is InChI=1S/C30H24ClN3O6/c1-4-7-19-12-18(13-25(38-3)27(19)39-17(2)30(36)37)16-32-34-28(33-23-9-6-5-8-22(23)29(34)35)26-15-20-14-21(31)10-11-24(20)40-26/h4-6,8-17H,1,7H2,2-3H3,(H,36,37)/t17-/m0/s1. The van der Waals surface area contributed by atoms with E-state index in [9.17, 15) is 14.7 Å². The second kappa shape index (κ2) is 11.1. The number of carbonyl (C=O) groups is 1. The van der Waals surface area contributed by atoms with Crippen molar-refractivity contribution in [2.24, 2.45) is 5.10 Å². The zero-order valence-corrected chi connectivity index (χ0v) is 22.4. The van der Waals surface area contributed by atoms with E-state index >= 15 is 0 Å².